The van der Waals surface area contributed by atoms with E-state index in [1.54, 1.807) is 6.33 Å². The minimum Gasteiger partial charge on any atom is -0.355 e. The molecule has 1 aromatic carbocycles. The first-order chi connectivity index (χ1) is 21.0. The fourth-order valence-electron chi connectivity index (χ4n) is 7.63. The summed E-state index contributed by atoms with van der Waals surface area (Å²) in [4.78, 5) is 22.9. The predicted molar refractivity (Wildman–Crippen MR) is 169 cm³/mol. The third kappa shape index (κ3) is 7.37. The molecule has 0 bridgehead atoms. The molecule has 2 aliphatic heterocycles. The molecule has 3 fully saturated rings. The van der Waals surface area contributed by atoms with E-state index in [0.29, 0.717) is 17.4 Å². The highest BCUT2D eigenvalue weighted by atomic mass is 35.5. The second kappa shape index (κ2) is 13.7. The van der Waals surface area contributed by atoms with Crippen molar-refractivity contribution in [2.24, 2.45) is 11.3 Å². The molecule has 10 heteroatoms. The van der Waals surface area contributed by atoms with Crippen LogP contribution < -0.4 is 10.2 Å². The van der Waals surface area contributed by atoms with Gasteiger partial charge < -0.3 is 15.1 Å². The molecule has 1 aliphatic carbocycles. The predicted octanol–water partition coefficient (Wildman–Crippen LogP) is 5.09. The number of piperidine rings is 2. The van der Waals surface area contributed by atoms with Crippen molar-refractivity contribution in [3.05, 3.63) is 65.3 Å². The maximum Gasteiger partial charge on any atom is 0.240 e. The van der Waals surface area contributed by atoms with Gasteiger partial charge in [0, 0.05) is 43.8 Å². The van der Waals surface area contributed by atoms with Crippen LogP contribution in [-0.2, 0) is 17.8 Å². The minimum absolute atomic E-state index is 0.176. The highest BCUT2D eigenvalue weighted by Crippen LogP contribution is 2.47. The first-order valence-electron chi connectivity index (χ1n) is 16.1. The molecule has 2 saturated heterocycles. The summed E-state index contributed by atoms with van der Waals surface area (Å²) in [5.74, 6) is 1.84. The summed E-state index contributed by atoms with van der Waals surface area (Å²) in [6.07, 6.45) is 14.7. The number of nitrogens with one attached hydrogen (secondary N) is 1. The number of hydrogen-bond donors (Lipinski definition) is 1. The topological polar surface area (TPSA) is 92.1 Å². The Labute approximate surface area is 260 Å². The van der Waals surface area contributed by atoms with E-state index >= 15 is 0 Å². The number of hydrogen-bond acceptors (Lipinski definition) is 7. The maximum absolute atomic E-state index is 14.2. The van der Waals surface area contributed by atoms with Gasteiger partial charge in [0.1, 0.15) is 12.7 Å². The Kier molecular flexibility index (Phi) is 9.58. The van der Waals surface area contributed by atoms with Crippen LogP contribution in [0, 0.1) is 18.3 Å². The lowest BCUT2D eigenvalue weighted by atomic mass is 9.63. The third-order valence-electron chi connectivity index (χ3n) is 10.2. The van der Waals surface area contributed by atoms with Gasteiger partial charge in [0.25, 0.3) is 0 Å². The Morgan fingerprint density at radius 2 is 1.72 bits per heavy atom. The average Bonchev–Trinajstić information content (AvgIpc) is 3.56. The number of rotatable bonds is 9. The van der Waals surface area contributed by atoms with Gasteiger partial charge in [-0.05, 0) is 93.0 Å². The number of aryl methyl sites for hydroxylation is 1. The zero-order valence-corrected chi connectivity index (χ0v) is 26.1. The largest absolute Gasteiger partial charge is 0.355 e. The van der Waals surface area contributed by atoms with E-state index in [4.69, 9.17) is 11.6 Å². The summed E-state index contributed by atoms with van der Waals surface area (Å²) >= 11 is 6.19. The number of aromatic nitrogens is 5. The number of benzene rings is 1. The number of carbonyl (C=O) groups excluding carboxylic acids is 1. The molecule has 3 aliphatic rings. The van der Waals surface area contributed by atoms with Crippen molar-refractivity contribution in [1.82, 2.24) is 35.2 Å². The van der Waals surface area contributed by atoms with Crippen LogP contribution in [0.2, 0.25) is 5.02 Å². The molecule has 0 spiro atoms. The first-order valence-corrected chi connectivity index (χ1v) is 16.5. The summed E-state index contributed by atoms with van der Waals surface area (Å²) < 4.78 is 2.02. The summed E-state index contributed by atoms with van der Waals surface area (Å²) in [5.41, 5.74) is 2.23. The summed E-state index contributed by atoms with van der Waals surface area (Å²) in [6.45, 7) is 6.25. The van der Waals surface area contributed by atoms with E-state index in [0.717, 1.165) is 75.5 Å². The number of likely N-dealkylation sites (tertiary alicyclic amines) is 1. The van der Waals surface area contributed by atoms with Gasteiger partial charge in [0.05, 0.1) is 11.7 Å². The molecule has 0 radical (unpaired) electrons. The lowest BCUT2D eigenvalue weighted by Crippen LogP contribution is -2.56. The lowest BCUT2D eigenvalue weighted by molar-refractivity contribution is -0.137. The monoisotopic (exact) mass is 604 g/mol. The summed E-state index contributed by atoms with van der Waals surface area (Å²) in [6, 6.07) is 12.0. The SMILES string of the molecule is Cc1ccc(N2CCC(N[C@H](Cc3ccc(Cl)cc3)C(=O)N3CCC(Cn4cncn4)(C4CCCCC4)CC3)CC2)nn1. The molecular weight excluding hydrogens is 560 g/mol. The van der Waals surface area contributed by atoms with Crippen molar-refractivity contribution in [3.63, 3.8) is 0 Å². The van der Waals surface area contributed by atoms with Crippen LogP contribution in [0.25, 0.3) is 0 Å². The highest BCUT2D eigenvalue weighted by molar-refractivity contribution is 6.30. The van der Waals surface area contributed by atoms with Crippen LogP contribution in [0.15, 0.2) is 49.1 Å². The molecule has 2 aromatic heterocycles. The van der Waals surface area contributed by atoms with Crippen LogP contribution in [0.4, 0.5) is 5.82 Å². The van der Waals surface area contributed by atoms with Crippen molar-refractivity contribution in [1.29, 1.82) is 0 Å². The standard InChI is InChI=1S/C33H45ClN8O/c1-25-7-12-31(39-38-25)40-17-13-29(14-18-40)37-30(21-26-8-10-28(34)11-9-26)32(43)41-19-15-33(16-20-41,22-42-24-35-23-36-42)27-5-3-2-4-6-27/h7-12,23-24,27,29-30,37H,2-6,13-22H2,1H3/t30-/m1/s1. The van der Waals surface area contributed by atoms with Crippen LogP contribution in [0.5, 0.6) is 0 Å². The molecule has 1 N–H and O–H groups in total. The van der Waals surface area contributed by atoms with Crippen molar-refractivity contribution < 1.29 is 4.79 Å². The van der Waals surface area contributed by atoms with Crippen LogP contribution in [0.1, 0.15) is 69.0 Å². The summed E-state index contributed by atoms with van der Waals surface area (Å²) in [5, 5.41) is 17.6. The van der Waals surface area contributed by atoms with E-state index in [1.807, 2.05) is 48.3 Å². The van der Waals surface area contributed by atoms with Gasteiger partial charge in [-0.25, -0.2) is 4.98 Å². The fourth-order valence-corrected chi connectivity index (χ4v) is 7.76. The quantitative estimate of drug-likeness (QED) is 0.364. The molecule has 1 saturated carbocycles. The smallest absolute Gasteiger partial charge is 0.240 e. The minimum atomic E-state index is -0.269. The number of nitrogens with zero attached hydrogens (tertiary/aromatic N) is 7. The van der Waals surface area contributed by atoms with Crippen LogP contribution >= 0.6 is 11.6 Å². The molecule has 230 valence electrons. The summed E-state index contributed by atoms with van der Waals surface area (Å²) in [7, 11) is 0. The van der Waals surface area contributed by atoms with Gasteiger partial charge in [-0.3, -0.25) is 9.48 Å². The van der Waals surface area contributed by atoms with E-state index in [9.17, 15) is 4.79 Å². The van der Waals surface area contributed by atoms with E-state index in [1.165, 1.54) is 32.1 Å². The molecule has 0 unspecified atom stereocenters. The molecule has 6 rings (SSSR count). The van der Waals surface area contributed by atoms with Crippen LogP contribution in [-0.4, -0.2) is 74.0 Å². The van der Waals surface area contributed by atoms with E-state index in [2.05, 4.69) is 41.5 Å². The van der Waals surface area contributed by atoms with Gasteiger partial charge >= 0.3 is 0 Å². The third-order valence-corrected chi connectivity index (χ3v) is 10.4. The van der Waals surface area contributed by atoms with E-state index in [-0.39, 0.29) is 23.4 Å². The number of anilines is 1. The van der Waals surface area contributed by atoms with Crippen molar-refractivity contribution in [2.75, 3.05) is 31.1 Å². The Hall–Kier alpha value is -3.04. The number of carbonyl (C=O) groups is 1. The maximum atomic E-state index is 14.2. The number of amides is 1. The molecule has 4 heterocycles. The molecule has 43 heavy (non-hydrogen) atoms. The van der Waals surface area contributed by atoms with Crippen molar-refractivity contribution in [2.45, 2.75) is 89.8 Å². The molecule has 9 nitrogen and oxygen atoms in total. The highest BCUT2D eigenvalue weighted by Gasteiger charge is 2.44. The Morgan fingerprint density at radius 3 is 2.37 bits per heavy atom. The van der Waals surface area contributed by atoms with Gasteiger partial charge in [-0.1, -0.05) is 43.0 Å². The van der Waals surface area contributed by atoms with Gasteiger partial charge in [0.2, 0.25) is 5.91 Å². The molecule has 1 atom stereocenters. The van der Waals surface area contributed by atoms with Crippen LogP contribution in [0.3, 0.4) is 0 Å². The fraction of sp³-hybridized carbons (Fsp3) is 0.606. The molecule has 1 amide bonds. The zero-order valence-electron chi connectivity index (χ0n) is 25.4. The molecule has 3 aromatic rings. The Morgan fingerprint density at radius 1 is 0.977 bits per heavy atom. The average molecular weight is 605 g/mol. The normalized spacial score (nSPS) is 20.7. The molecular formula is C33H45ClN8O. The van der Waals surface area contributed by atoms with Crippen molar-refractivity contribution in [3.8, 4) is 0 Å². The zero-order chi connectivity index (χ0) is 29.6. The second-order valence-electron chi connectivity index (χ2n) is 13.0. The van der Waals surface area contributed by atoms with Gasteiger partial charge in [-0.15, -0.1) is 5.10 Å². The van der Waals surface area contributed by atoms with Crippen molar-refractivity contribution >= 4 is 23.3 Å². The lowest BCUT2D eigenvalue weighted by Gasteiger charge is -2.48. The number of halogens is 1. The van der Waals surface area contributed by atoms with Gasteiger partial charge in [0.15, 0.2) is 5.82 Å². The first kappa shape index (κ1) is 30.0. The van der Waals surface area contributed by atoms with E-state index < -0.39 is 0 Å². The second-order valence-corrected chi connectivity index (χ2v) is 13.4. The van der Waals surface area contributed by atoms with Gasteiger partial charge in [-0.2, -0.15) is 10.2 Å². The Bertz CT molecular complexity index is 1290. The Balaban J connectivity index is 1.13.